The van der Waals surface area contributed by atoms with Crippen LogP contribution < -0.4 is 10.6 Å². The van der Waals surface area contributed by atoms with Crippen LogP contribution in [0.5, 0.6) is 0 Å². The van der Waals surface area contributed by atoms with Crippen molar-refractivity contribution in [3.63, 3.8) is 0 Å². The predicted octanol–water partition coefficient (Wildman–Crippen LogP) is 4.50. The van der Waals surface area contributed by atoms with E-state index in [2.05, 4.69) is 56.9 Å². The van der Waals surface area contributed by atoms with E-state index < -0.39 is 0 Å². The lowest BCUT2D eigenvalue weighted by molar-refractivity contribution is 0.615. The van der Waals surface area contributed by atoms with Gasteiger partial charge in [-0.3, -0.25) is 0 Å². The van der Waals surface area contributed by atoms with E-state index in [1.165, 1.54) is 30.5 Å². The highest BCUT2D eigenvalue weighted by Gasteiger charge is 2.16. The molecule has 0 aliphatic carbocycles. The number of benzene rings is 1. The summed E-state index contributed by atoms with van der Waals surface area (Å²) in [5.74, 6) is 0. The number of hydrogen-bond acceptors (Lipinski definition) is 2. The molecule has 0 heterocycles. The van der Waals surface area contributed by atoms with E-state index in [0.29, 0.717) is 6.04 Å². The van der Waals surface area contributed by atoms with Crippen LogP contribution >= 0.6 is 0 Å². The molecular weight excluding hydrogens is 232 g/mol. The van der Waals surface area contributed by atoms with Crippen LogP contribution in [0.4, 0.5) is 5.69 Å². The van der Waals surface area contributed by atoms with Gasteiger partial charge >= 0.3 is 0 Å². The van der Waals surface area contributed by atoms with Gasteiger partial charge in [-0.25, -0.2) is 0 Å². The molecule has 0 aliphatic heterocycles. The Bertz CT molecular complexity index is 360. The minimum absolute atomic E-state index is 0.142. The Balaban J connectivity index is 2.95. The van der Waals surface area contributed by atoms with Crippen molar-refractivity contribution in [2.75, 3.05) is 11.4 Å². The lowest BCUT2D eigenvalue weighted by Gasteiger charge is -2.32. The molecule has 108 valence electrons. The Kier molecular flexibility index (Phi) is 6.93. The molecule has 0 amide bonds. The molecule has 0 fully saturated rings. The first kappa shape index (κ1) is 16.0. The Morgan fingerprint density at radius 3 is 2.37 bits per heavy atom. The van der Waals surface area contributed by atoms with Gasteiger partial charge in [0.15, 0.2) is 0 Å². The van der Waals surface area contributed by atoms with Gasteiger partial charge < -0.3 is 10.6 Å². The summed E-state index contributed by atoms with van der Waals surface area (Å²) in [4.78, 5) is 2.50. The smallest absolute Gasteiger partial charge is 0.0416 e. The normalized spacial score (nSPS) is 12.7. The summed E-state index contributed by atoms with van der Waals surface area (Å²) in [6.07, 6.45) is 4.80. The molecule has 2 N–H and O–H groups in total. The molecule has 1 unspecified atom stereocenters. The van der Waals surface area contributed by atoms with Gasteiger partial charge in [0.1, 0.15) is 0 Å². The second-order valence-electron chi connectivity index (χ2n) is 5.57. The van der Waals surface area contributed by atoms with Gasteiger partial charge in [0.25, 0.3) is 0 Å². The van der Waals surface area contributed by atoms with Crippen LogP contribution in [0.1, 0.15) is 65.0 Å². The van der Waals surface area contributed by atoms with E-state index in [1.807, 2.05) is 0 Å². The summed E-state index contributed by atoms with van der Waals surface area (Å²) in [5.41, 5.74) is 8.87. The number of nitrogens with two attached hydrogens (primary N) is 1. The topological polar surface area (TPSA) is 29.3 Å². The van der Waals surface area contributed by atoms with E-state index in [-0.39, 0.29) is 6.04 Å². The standard InChI is InChI=1S/C17H30N2/c1-5-7-10-13-19(14(3)4)17-12-9-8-11-15(17)16(18)6-2/h8-9,11-12,14,16H,5-7,10,13,18H2,1-4H3. The first-order chi connectivity index (χ1) is 9.11. The number of hydrogen-bond donors (Lipinski definition) is 1. The molecular formula is C17H30N2. The molecule has 0 aliphatic rings. The molecule has 2 heteroatoms. The Morgan fingerprint density at radius 1 is 1.11 bits per heavy atom. The average molecular weight is 262 g/mol. The van der Waals surface area contributed by atoms with Crippen molar-refractivity contribution >= 4 is 5.69 Å². The summed E-state index contributed by atoms with van der Waals surface area (Å²) in [6.45, 7) is 10.1. The molecule has 2 nitrogen and oxygen atoms in total. The number of para-hydroxylation sites is 1. The maximum atomic E-state index is 6.26. The molecule has 1 aromatic rings. The van der Waals surface area contributed by atoms with Gasteiger partial charge in [-0.1, -0.05) is 44.9 Å². The molecule has 0 saturated heterocycles. The fourth-order valence-electron chi connectivity index (χ4n) is 2.47. The van der Waals surface area contributed by atoms with Crippen molar-refractivity contribution in [1.82, 2.24) is 0 Å². The van der Waals surface area contributed by atoms with Crippen molar-refractivity contribution < 1.29 is 0 Å². The fourth-order valence-corrected chi connectivity index (χ4v) is 2.47. The SMILES string of the molecule is CCCCCN(c1ccccc1C(N)CC)C(C)C. The van der Waals surface area contributed by atoms with Crippen LogP contribution in [0.25, 0.3) is 0 Å². The monoisotopic (exact) mass is 262 g/mol. The second-order valence-corrected chi connectivity index (χ2v) is 5.57. The van der Waals surface area contributed by atoms with Crippen LogP contribution in [0.15, 0.2) is 24.3 Å². The van der Waals surface area contributed by atoms with E-state index in [4.69, 9.17) is 5.73 Å². The summed E-state index contributed by atoms with van der Waals surface area (Å²) in [6, 6.07) is 9.27. The Morgan fingerprint density at radius 2 is 1.79 bits per heavy atom. The number of rotatable bonds is 8. The van der Waals surface area contributed by atoms with Crippen molar-refractivity contribution in [1.29, 1.82) is 0 Å². The zero-order valence-corrected chi connectivity index (χ0v) is 13.0. The summed E-state index contributed by atoms with van der Waals surface area (Å²) in [7, 11) is 0. The highest BCUT2D eigenvalue weighted by Crippen LogP contribution is 2.28. The Hall–Kier alpha value is -1.02. The van der Waals surface area contributed by atoms with E-state index in [0.717, 1.165) is 13.0 Å². The molecule has 1 aromatic carbocycles. The summed E-state index contributed by atoms with van der Waals surface area (Å²) < 4.78 is 0. The second kappa shape index (κ2) is 8.21. The Labute approximate surface area is 119 Å². The van der Waals surface area contributed by atoms with E-state index in [9.17, 15) is 0 Å². The zero-order valence-electron chi connectivity index (χ0n) is 13.0. The van der Waals surface area contributed by atoms with Crippen molar-refractivity contribution in [3.8, 4) is 0 Å². The van der Waals surface area contributed by atoms with Crippen LogP contribution in [-0.2, 0) is 0 Å². The van der Waals surface area contributed by atoms with Crippen molar-refractivity contribution in [2.24, 2.45) is 5.73 Å². The number of unbranched alkanes of at least 4 members (excludes halogenated alkanes) is 2. The highest BCUT2D eigenvalue weighted by molar-refractivity contribution is 5.55. The summed E-state index contributed by atoms with van der Waals surface area (Å²) >= 11 is 0. The molecule has 0 bridgehead atoms. The van der Waals surface area contributed by atoms with Gasteiger partial charge in [0, 0.05) is 24.3 Å². The maximum Gasteiger partial charge on any atom is 0.0416 e. The number of anilines is 1. The molecule has 0 aromatic heterocycles. The highest BCUT2D eigenvalue weighted by atomic mass is 15.2. The van der Waals surface area contributed by atoms with Gasteiger partial charge in [-0.15, -0.1) is 0 Å². The van der Waals surface area contributed by atoms with E-state index in [1.54, 1.807) is 0 Å². The van der Waals surface area contributed by atoms with Gasteiger partial charge in [-0.2, -0.15) is 0 Å². The van der Waals surface area contributed by atoms with Crippen molar-refractivity contribution in [2.45, 2.75) is 65.5 Å². The molecule has 19 heavy (non-hydrogen) atoms. The third kappa shape index (κ3) is 4.54. The molecule has 0 radical (unpaired) electrons. The molecule has 0 spiro atoms. The lowest BCUT2D eigenvalue weighted by Crippen LogP contribution is -2.33. The average Bonchev–Trinajstić information content (AvgIpc) is 2.42. The first-order valence-corrected chi connectivity index (χ1v) is 7.72. The summed E-state index contributed by atoms with van der Waals surface area (Å²) in [5, 5.41) is 0. The molecule has 1 rings (SSSR count). The largest absolute Gasteiger partial charge is 0.369 e. The molecule has 0 saturated carbocycles. The maximum absolute atomic E-state index is 6.26. The zero-order chi connectivity index (χ0) is 14.3. The third-order valence-electron chi connectivity index (χ3n) is 3.71. The third-order valence-corrected chi connectivity index (χ3v) is 3.71. The molecule has 1 atom stereocenters. The predicted molar refractivity (Wildman–Crippen MR) is 85.7 cm³/mol. The van der Waals surface area contributed by atoms with Crippen LogP contribution in [0, 0.1) is 0 Å². The van der Waals surface area contributed by atoms with Crippen molar-refractivity contribution in [3.05, 3.63) is 29.8 Å². The minimum atomic E-state index is 0.142. The van der Waals surface area contributed by atoms with Gasteiger partial charge in [0.2, 0.25) is 0 Å². The van der Waals surface area contributed by atoms with Crippen LogP contribution in [0.2, 0.25) is 0 Å². The lowest BCUT2D eigenvalue weighted by atomic mass is 10.0. The minimum Gasteiger partial charge on any atom is -0.369 e. The van der Waals surface area contributed by atoms with Crippen LogP contribution in [0.3, 0.4) is 0 Å². The van der Waals surface area contributed by atoms with E-state index >= 15 is 0 Å². The number of nitrogens with zero attached hydrogens (tertiary/aromatic N) is 1. The quantitative estimate of drug-likeness (QED) is 0.699. The van der Waals surface area contributed by atoms with Gasteiger partial charge in [-0.05, 0) is 38.3 Å². The van der Waals surface area contributed by atoms with Crippen LogP contribution in [-0.4, -0.2) is 12.6 Å². The van der Waals surface area contributed by atoms with Gasteiger partial charge in [0.05, 0.1) is 0 Å². The first-order valence-electron chi connectivity index (χ1n) is 7.72. The fraction of sp³-hybridized carbons (Fsp3) is 0.647.